The highest BCUT2D eigenvalue weighted by Crippen LogP contribution is 1.93. The van der Waals surface area contributed by atoms with Crippen molar-refractivity contribution in [3.63, 3.8) is 0 Å². The van der Waals surface area contributed by atoms with Crippen molar-refractivity contribution in [2.45, 2.75) is 52.7 Å². The second kappa shape index (κ2) is 7.58. The fraction of sp³-hybridized carbons (Fsp3) is 0.889. The minimum Gasteiger partial charge on any atom is -0.450 e. The van der Waals surface area contributed by atoms with E-state index in [1.165, 1.54) is 0 Å². The number of hydrogen-bond donors (Lipinski definition) is 4. The number of rotatable bonds is 0. The van der Waals surface area contributed by atoms with Gasteiger partial charge in [-0.3, -0.25) is 0 Å². The predicted molar refractivity (Wildman–Crippen MR) is 54.6 cm³/mol. The van der Waals surface area contributed by atoms with E-state index < -0.39 is 17.4 Å². The lowest BCUT2D eigenvalue weighted by Gasteiger charge is -2.04. The van der Waals surface area contributed by atoms with Crippen molar-refractivity contribution in [3.05, 3.63) is 0 Å². The molecule has 0 heterocycles. The molecule has 0 aliphatic heterocycles. The third-order valence-corrected chi connectivity index (χ3v) is 0. The smallest absolute Gasteiger partial charge is 0.450 e. The van der Waals surface area contributed by atoms with E-state index in [4.69, 9.17) is 25.2 Å². The quantitative estimate of drug-likeness (QED) is 0.488. The molecule has 88 valence electrons. The highest BCUT2D eigenvalue weighted by atomic mass is 16.6. The van der Waals surface area contributed by atoms with Crippen LogP contribution < -0.4 is 0 Å². The minimum atomic E-state index is -1.83. The molecule has 4 N–H and O–H groups in total. The maximum absolute atomic E-state index is 8.56. The lowest BCUT2D eigenvalue weighted by atomic mass is 10.2. The summed E-state index contributed by atoms with van der Waals surface area (Å²) in [6.07, 6.45) is -1.83. The molecule has 0 saturated carbocycles. The summed E-state index contributed by atoms with van der Waals surface area (Å²) >= 11 is 0. The lowest BCUT2D eigenvalue weighted by molar-refractivity contribution is 0.101. The maximum atomic E-state index is 8.56. The van der Waals surface area contributed by atoms with Gasteiger partial charge in [0.05, 0.1) is 11.2 Å². The molecule has 0 atom stereocenters. The topological polar surface area (TPSA) is 98.0 Å². The van der Waals surface area contributed by atoms with Crippen LogP contribution in [0.15, 0.2) is 0 Å². The van der Waals surface area contributed by atoms with Gasteiger partial charge >= 0.3 is 6.16 Å². The highest BCUT2D eigenvalue weighted by Gasteiger charge is 1.98. The van der Waals surface area contributed by atoms with Gasteiger partial charge < -0.3 is 20.4 Å². The van der Waals surface area contributed by atoms with E-state index in [0.717, 1.165) is 0 Å². The van der Waals surface area contributed by atoms with Crippen molar-refractivity contribution < 1.29 is 25.2 Å². The van der Waals surface area contributed by atoms with E-state index in [0.29, 0.717) is 0 Å². The molecular weight excluding hydrogens is 188 g/mol. The molecular formula is C9H22O5. The van der Waals surface area contributed by atoms with Crippen LogP contribution in [-0.2, 0) is 0 Å². The van der Waals surface area contributed by atoms with Gasteiger partial charge in [0.15, 0.2) is 0 Å². The normalized spacial score (nSPS) is 10.3. The van der Waals surface area contributed by atoms with Crippen LogP contribution in [0.25, 0.3) is 0 Å². The highest BCUT2D eigenvalue weighted by molar-refractivity contribution is 5.53. The molecule has 0 aliphatic rings. The minimum absolute atomic E-state index is 0.500. The van der Waals surface area contributed by atoms with Gasteiger partial charge in [-0.15, -0.1) is 0 Å². The van der Waals surface area contributed by atoms with Gasteiger partial charge in [-0.1, -0.05) is 0 Å². The van der Waals surface area contributed by atoms with Crippen LogP contribution in [-0.4, -0.2) is 37.8 Å². The molecule has 0 aromatic carbocycles. The van der Waals surface area contributed by atoms with E-state index in [-0.39, 0.29) is 0 Å². The first kappa shape index (κ1) is 18.9. The first-order valence-corrected chi connectivity index (χ1v) is 4.10. The van der Waals surface area contributed by atoms with Crippen LogP contribution in [0, 0.1) is 0 Å². The Morgan fingerprint density at radius 1 is 0.786 bits per heavy atom. The predicted octanol–water partition coefficient (Wildman–Crippen LogP) is 1.78. The van der Waals surface area contributed by atoms with Gasteiger partial charge in [0, 0.05) is 0 Å². The summed E-state index contributed by atoms with van der Waals surface area (Å²) in [7, 11) is 0. The first-order chi connectivity index (χ1) is 5.73. The summed E-state index contributed by atoms with van der Waals surface area (Å²) in [5, 5.41) is 31.0. The molecule has 0 saturated heterocycles. The van der Waals surface area contributed by atoms with Crippen molar-refractivity contribution in [1.29, 1.82) is 0 Å². The van der Waals surface area contributed by atoms with Crippen LogP contribution in [0.2, 0.25) is 0 Å². The molecule has 0 aromatic rings. The van der Waals surface area contributed by atoms with Crippen molar-refractivity contribution in [3.8, 4) is 0 Å². The van der Waals surface area contributed by atoms with Crippen molar-refractivity contribution >= 4 is 6.16 Å². The number of carboxylic acid groups (broad SMARTS) is 2. The Labute approximate surface area is 85.0 Å². The standard InChI is InChI=1S/2C4H10O.CH2O3/c2*1-4(2,3)5;2-1(3)4/h2*5H,1-3H3;(H2,2,3,4). The van der Waals surface area contributed by atoms with Gasteiger partial charge in [0.1, 0.15) is 0 Å². The van der Waals surface area contributed by atoms with Crippen LogP contribution in [0.1, 0.15) is 41.5 Å². The van der Waals surface area contributed by atoms with Crippen LogP contribution >= 0.6 is 0 Å². The first-order valence-electron chi connectivity index (χ1n) is 4.10. The Bertz CT molecular complexity index is 112. The average Bonchev–Trinajstić information content (AvgIpc) is 1.45. The zero-order valence-corrected chi connectivity index (χ0v) is 9.70. The zero-order chi connectivity index (χ0) is 12.6. The van der Waals surface area contributed by atoms with Crippen LogP contribution in [0.3, 0.4) is 0 Å². The van der Waals surface area contributed by atoms with Gasteiger partial charge in [-0.25, -0.2) is 4.79 Å². The summed E-state index contributed by atoms with van der Waals surface area (Å²) in [6.45, 7) is 10.5. The molecule has 0 aliphatic carbocycles. The number of hydrogen-bond acceptors (Lipinski definition) is 3. The van der Waals surface area contributed by atoms with Crippen LogP contribution in [0.5, 0.6) is 0 Å². The maximum Gasteiger partial charge on any atom is 0.503 e. The molecule has 0 radical (unpaired) electrons. The molecule has 0 bridgehead atoms. The number of aliphatic hydroxyl groups is 2. The zero-order valence-electron chi connectivity index (χ0n) is 9.70. The fourth-order valence-electron chi connectivity index (χ4n) is 0. The van der Waals surface area contributed by atoms with Crippen molar-refractivity contribution in [1.82, 2.24) is 0 Å². The molecule has 0 rings (SSSR count). The molecule has 0 fully saturated rings. The summed E-state index contributed by atoms with van der Waals surface area (Å²) in [6, 6.07) is 0. The Morgan fingerprint density at radius 2 is 0.786 bits per heavy atom. The third-order valence-electron chi connectivity index (χ3n) is 0. The van der Waals surface area contributed by atoms with E-state index in [1.54, 1.807) is 41.5 Å². The molecule has 0 amide bonds. The molecule has 5 heteroatoms. The molecule has 5 nitrogen and oxygen atoms in total. The molecule has 0 spiro atoms. The van der Waals surface area contributed by atoms with Gasteiger partial charge in [0.2, 0.25) is 0 Å². The summed E-state index contributed by atoms with van der Waals surface area (Å²) in [5.74, 6) is 0. The van der Waals surface area contributed by atoms with Crippen molar-refractivity contribution in [2.24, 2.45) is 0 Å². The summed E-state index contributed by atoms with van der Waals surface area (Å²) < 4.78 is 0. The molecule has 0 unspecified atom stereocenters. The van der Waals surface area contributed by atoms with E-state index in [2.05, 4.69) is 0 Å². The Balaban J connectivity index is -0.000000131. The summed E-state index contributed by atoms with van der Waals surface area (Å²) in [5.41, 5.74) is -1.00. The third kappa shape index (κ3) is 1770. The molecule has 0 aromatic heterocycles. The summed E-state index contributed by atoms with van der Waals surface area (Å²) in [4.78, 5) is 8.56. The Morgan fingerprint density at radius 3 is 0.786 bits per heavy atom. The Kier molecular flexibility index (Phi) is 10.2. The van der Waals surface area contributed by atoms with E-state index in [9.17, 15) is 0 Å². The fourth-order valence-corrected chi connectivity index (χ4v) is 0. The lowest BCUT2D eigenvalue weighted by Crippen LogP contribution is -2.10. The average molecular weight is 210 g/mol. The van der Waals surface area contributed by atoms with Crippen LogP contribution in [0.4, 0.5) is 4.79 Å². The van der Waals surface area contributed by atoms with Gasteiger partial charge in [-0.2, -0.15) is 0 Å². The number of carbonyl (C=O) groups is 1. The van der Waals surface area contributed by atoms with Gasteiger partial charge in [-0.05, 0) is 41.5 Å². The second-order valence-corrected chi connectivity index (χ2v) is 4.62. The monoisotopic (exact) mass is 210 g/mol. The largest absolute Gasteiger partial charge is 0.503 e. The Hall–Kier alpha value is -0.810. The SMILES string of the molecule is CC(C)(C)O.CC(C)(C)O.O=C(O)O. The molecule has 14 heavy (non-hydrogen) atoms. The van der Waals surface area contributed by atoms with Gasteiger partial charge in [0.25, 0.3) is 0 Å². The van der Waals surface area contributed by atoms with E-state index >= 15 is 0 Å². The second-order valence-electron chi connectivity index (χ2n) is 4.62. The van der Waals surface area contributed by atoms with E-state index in [1.807, 2.05) is 0 Å². The van der Waals surface area contributed by atoms with Crippen molar-refractivity contribution in [2.75, 3.05) is 0 Å².